The molecule has 0 spiro atoms. The van der Waals surface area contributed by atoms with E-state index in [1.165, 1.54) is 55.4 Å². The zero-order valence-electron chi connectivity index (χ0n) is 20.4. The molecule has 0 radical (unpaired) electrons. The van der Waals surface area contributed by atoms with Crippen molar-refractivity contribution in [2.24, 2.45) is 0 Å². The Balaban J connectivity index is 2.46. The second kappa shape index (κ2) is 12.6. The number of rotatable bonds is 12. The summed E-state index contributed by atoms with van der Waals surface area (Å²) in [6, 6.07) is 9.34. The molecule has 11 heteroatoms. The van der Waals surface area contributed by atoms with Crippen molar-refractivity contribution in [2.45, 2.75) is 39.3 Å². The van der Waals surface area contributed by atoms with Gasteiger partial charge in [-0.25, -0.2) is 13.1 Å². The van der Waals surface area contributed by atoms with Gasteiger partial charge in [0.1, 0.15) is 24.2 Å². The van der Waals surface area contributed by atoms with E-state index >= 15 is 0 Å². The van der Waals surface area contributed by atoms with Gasteiger partial charge >= 0.3 is 10.2 Å². The summed E-state index contributed by atoms with van der Waals surface area (Å²) >= 11 is 0. The minimum Gasteiger partial charge on any atom is -0.354 e. The lowest BCUT2D eigenvalue weighted by Gasteiger charge is -2.34. The summed E-state index contributed by atoms with van der Waals surface area (Å²) in [5.74, 6) is -2.01. The molecule has 0 unspecified atom stereocenters. The Kier molecular flexibility index (Phi) is 10.1. The normalized spacial score (nSPS) is 12.3. The Labute approximate surface area is 205 Å². The highest BCUT2D eigenvalue weighted by Gasteiger charge is 2.33. The van der Waals surface area contributed by atoms with Crippen LogP contribution in [0.15, 0.2) is 48.5 Å². The first kappa shape index (κ1) is 28.2. The second-order valence-corrected chi connectivity index (χ2v) is 10.2. The molecule has 2 aromatic rings. The molecule has 0 saturated carbocycles. The van der Waals surface area contributed by atoms with Crippen LogP contribution >= 0.6 is 0 Å². The van der Waals surface area contributed by atoms with Crippen LogP contribution in [0.25, 0.3) is 0 Å². The summed E-state index contributed by atoms with van der Waals surface area (Å²) in [7, 11) is -1.49. The van der Waals surface area contributed by atoms with Gasteiger partial charge in [-0.2, -0.15) is 12.7 Å². The molecule has 192 valence electrons. The first-order valence-electron chi connectivity index (χ1n) is 11.3. The number of carbonyl (C=O) groups is 2. The van der Waals surface area contributed by atoms with E-state index in [4.69, 9.17) is 0 Å². The van der Waals surface area contributed by atoms with E-state index in [1.54, 1.807) is 6.92 Å². The van der Waals surface area contributed by atoms with Crippen LogP contribution in [0.3, 0.4) is 0 Å². The average Bonchev–Trinajstić information content (AvgIpc) is 2.82. The number of nitrogens with one attached hydrogen (secondary N) is 1. The standard InChI is InChI=1S/C24H32F2N4O4S/c1-5-15-27-24(32)22(6-2)29(16-18-7-9-19(25)10-8-18)23(31)17-30(35(33,34)28(3)4)21-13-11-20(26)12-14-21/h7-14,22H,5-6,15-17H2,1-4H3,(H,27,32)/t22-/m0/s1. The molecule has 0 fully saturated rings. The summed E-state index contributed by atoms with van der Waals surface area (Å²) in [6.07, 6.45) is 0.979. The zero-order chi connectivity index (χ0) is 26.2. The molecule has 2 amide bonds. The highest BCUT2D eigenvalue weighted by atomic mass is 32.2. The van der Waals surface area contributed by atoms with Gasteiger partial charge < -0.3 is 10.2 Å². The fraction of sp³-hybridized carbons (Fsp3) is 0.417. The number of carbonyl (C=O) groups excluding carboxylic acids is 2. The predicted molar refractivity (Wildman–Crippen MR) is 131 cm³/mol. The van der Waals surface area contributed by atoms with Crippen molar-refractivity contribution in [1.29, 1.82) is 0 Å². The lowest BCUT2D eigenvalue weighted by atomic mass is 10.1. The number of benzene rings is 2. The minimum absolute atomic E-state index is 0.0313. The fourth-order valence-corrected chi connectivity index (χ4v) is 4.45. The van der Waals surface area contributed by atoms with Gasteiger partial charge in [0, 0.05) is 27.2 Å². The quantitative estimate of drug-likeness (QED) is 0.476. The molecule has 2 aromatic carbocycles. The van der Waals surface area contributed by atoms with Crippen LogP contribution in [0.4, 0.5) is 14.5 Å². The SMILES string of the molecule is CCCNC(=O)[C@H](CC)N(Cc1ccc(F)cc1)C(=O)CN(c1ccc(F)cc1)S(=O)(=O)N(C)C. The average molecular weight is 511 g/mol. The smallest absolute Gasteiger partial charge is 0.304 e. The maximum absolute atomic E-state index is 13.6. The highest BCUT2D eigenvalue weighted by Crippen LogP contribution is 2.22. The van der Waals surface area contributed by atoms with Crippen molar-refractivity contribution < 1.29 is 26.8 Å². The van der Waals surface area contributed by atoms with Crippen molar-refractivity contribution in [2.75, 3.05) is 31.5 Å². The first-order valence-corrected chi connectivity index (χ1v) is 12.7. The van der Waals surface area contributed by atoms with Crippen LogP contribution in [0.2, 0.25) is 0 Å². The lowest BCUT2D eigenvalue weighted by Crippen LogP contribution is -2.53. The number of hydrogen-bond donors (Lipinski definition) is 1. The Morgan fingerprint density at radius 3 is 1.97 bits per heavy atom. The predicted octanol–water partition coefficient (Wildman–Crippen LogP) is 2.91. The van der Waals surface area contributed by atoms with Gasteiger partial charge in [0.2, 0.25) is 11.8 Å². The third kappa shape index (κ3) is 7.46. The van der Waals surface area contributed by atoms with Gasteiger partial charge in [-0.1, -0.05) is 26.0 Å². The molecular formula is C24H32F2N4O4S. The summed E-state index contributed by atoms with van der Waals surface area (Å²) in [6.45, 7) is 3.41. The van der Waals surface area contributed by atoms with Crippen LogP contribution in [-0.2, 0) is 26.3 Å². The van der Waals surface area contributed by atoms with Crippen LogP contribution in [0, 0.1) is 11.6 Å². The molecule has 0 aromatic heterocycles. The Bertz CT molecular complexity index is 1090. The third-order valence-electron chi connectivity index (χ3n) is 5.33. The molecule has 8 nitrogen and oxygen atoms in total. The van der Waals surface area contributed by atoms with Gasteiger partial charge in [0.25, 0.3) is 0 Å². The van der Waals surface area contributed by atoms with Crippen molar-refractivity contribution in [1.82, 2.24) is 14.5 Å². The van der Waals surface area contributed by atoms with Gasteiger partial charge in [-0.05, 0) is 54.8 Å². The molecule has 0 bridgehead atoms. The fourth-order valence-electron chi connectivity index (χ4n) is 3.40. The second-order valence-electron chi connectivity index (χ2n) is 8.14. The monoisotopic (exact) mass is 510 g/mol. The van der Waals surface area contributed by atoms with Crippen LogP contribution in [0.5, 0.6) is 0 Å². The topological polar surface area (TPSA) is 90.0 Å². The van der Waals surface area contributed by atoms with E-state index in [0.29, 0.717) is 18.5 Å². The highest BCUT2D eigenvalue weighted by molar-refractivity contribution is 7.90. The van der Waals surface area contributed by atoms with Crippen LogP contribution in [-0.4, -0.2) is 62.7 Å². The van der Waals surface area contributed by atoms with Crippen LogP contribution in [0.1, 0.15) is 32.3 Å². The Morgan fingerprint density at radius 1 is 0.943 bits per heavy atom. The van der Waals surface area contributed by atoms with Crippen molar-refractivity contribution in [3.63, 3.8) is 0 Å². The number of anilines is 1. The third-order valence-corrected chi connectivity index (χ3v) is 7.15. The van der Waals surface area contributed by atoms with Crippen molar-refractivity contribution in [3.05, 3.63) is 65.7 Å². The van der Waals surface area contributed by atoms with E-state index in [1.807, 2.05) is 6.92 Å². The van der Waals surface area contributed by atoms with Crippen LogP contribution < -0.4 is 9.62 Å². The van der Waals surface area contributed by atoms with Gasteiger partial charge in [0.05, 0.1) is 5.69 Å². The maximum atomic E-state index is 13.6. The number of halogens is 2. The molecule has 0 aliphatic rings. The van der Waals surface area contributed by atoms with Gasteiger partial charge in [0.15, 0.2) is 0 Å². The van der Waals surface area contributed by atoms with Crippen molar-refractivity contribution >= 4 is 27.7 Å². The maximum Gasteiger partial charge on any atom is 0.304 e. The van der Waals surface area contributed by atoms with Gasteiger partial charge in [-0.3, -0.25) is 9.59 Å². The molecule has 0 aliphatic carbocycles. The van der Waals surface area contributed by atoms with Crippen molar-refractivity contribution in [3.8, 4) is 0 Å². The summed E-state index contributed by atoms with van der Waals surface area (Å²) in [5.41, 5.74) is 0.670. The largest absolute Gasteiger partial charge is 0.354 e. The molecule has 0 aliphatic heterocycles. The molecule has 2 rings (SSSR count). The van der Waals surface area contributed by atoms with E-state index in [9.17, 15) is 26.8 Å². The summed E-state index contributed by atoms with van der Waals surface area (Å²) < 4.78 is 54.8. The van der Waals surface area contributed by atoms with E-state index in [-0.39, 0.29) is 24.6 Å². The van der Waals surface area contributed by atoms with E-state index in [2.05, 4.69) is 5.32 Å². The first-order chi connectivity index (χ1) is 16.5. The molecule has 1 atom stereocenters. The summed E-state index contributed by atoms with van der Waals surface area (Å²) in [5, 5.41) is 2.78. The number of hydrogen-bond acceptors (Lipinski definition) is 4. The molecule has 35 heavy (non-hydrogen) atoms. The molecule has 0 saturated heterocycles. The Hall–Kier alpha value is -3.05. The van der Waals surface area contributed by atoms with E-state index < -0.39 is 40.3 Å². The number of amides is 2. The van der Waals surface area contributed by atoms with Gasteiger partial charge in [-0.15, -0.1) is 0 Å². The molecular weight excluding hydrogens is 478 g/mol. The minimum atomic E-state index is -4.13. The zero-order valence-corrected chi connectivity index (χ0v) is 21.2. The lowest BCUT2D eigenvalue weighted by molar-refractivity contribution is -0.140. The number of nitrogens with zero attached hydrogens (tertiary/aromatic N) is 3. The Morgan fingerprint density at radius 2 is 1.49 bits per heavy atom. The van der Waals surface area contributed by atoms with E-state index in [0.717, 1.165) is 20.7 Å². The molecule has 1 N–H and O–H groups in total. The summed E-state index contributed by atoms with van der Waals surface area (Å²) in [4.78, 5) is 27.8. The molecule has 0 heterocycles.